The minimum absolute atomic E-state index is 0.474. The highest BCUT2D eigenvalue weighted by Crippen LogP contribution is 2.20. The Balaban J connectivity index is 2.15. The first-order chi connectivity index (χ1) is 9.22. The molecule has 2 aromatic rings. The first kappa shape index (κ1) is 13.3. The molecule has 0 radical (unpaired) electrons. The number of aliphatic hydroxyl groups excluding tert-OH is 1. The Bertz CT molecular complexity index is 575. The maximum Gasteiger partial charge on any atom is 0.0995 e. The van der Waals surface area contributed by atoms with Gasteiger partial charge >= 0.3 is 0 Å². The number of hydrogen-bond donors (Lipinski definition) is 2. The van der Waals surface area contributed by atoms with Crippen molar-refractivity contribution in [3.63, 3.8) is 0 Å². The van der Waals surface area contributed by atoms with Gasteiger partial charge in [-0.15, -0.1) is 0 Å². The average Bonchev–Trinajstić information content (AvgIpc) is 2.47. The van der Waals surface area contributed by atoms with E-state index in [1.807, 2.05) is 36.4 Å². The van der Waals surface area contributed by atoms with E-state index in [1.54, 1.807) is 18.2 Å². The first-order valence-electron chi connectivity index (χ1n) is 6.19. The SMILES string of the molecule is N#Cc1ccccc1[C@@H](N)[C@@H](O)Cc1ccccc1. The Hall–Kier alpha value is -2.15. The van der Waals surface area contributed by atoms with E-state index < -0.39 is 12.1 Å². The van der Waals surface area contributed by atoms with Crippen LogP contribution in [0.4, 0.5) is 0 Å². The lowest BCUT2D eigenvalue weighted by molar-refractivity contribution is 0.145. The van der Waals surface area contributed by atoms with Crippen molar-refractivity contribution in [2.45, 2.75) is 18.6 Å². The molecule has 0 unspecified atom stereocenters. The van der Waals surface area contributed by atoms with Gasteiger partial charge in [-0.2, -0.15) is 5.26 Å². The normalized spacial score (nSPS) is 13.5. The molecular formula is C16H16N2O. The maximum atomic E-state index is 10.2. The summed E-state index contributed by atoms with van der Waals surface area (Å²) in [6, 6.07) is 18.3. The van der Waals surface area contributed by atoms with E-state index in [4.69, 9.17) is 11.0 Å². The fourth-order valence-corrected chi connectivity index (χ4v) is 2.08. The van der Waals surface area contributed by atoms with Gasteiger partial charge in [0.05, 0.1) is 23.8 Å². The number of aliphatic hydroxyl groups is 1. The molecule has 3 heteroatoms. The van der Waals surface area contributed by atoms with Gasteiger partial charge < -0.3 is 10.8 Å². The van der Waals surface area contributed by atoms with Gasteiger partial charge in [0.15, 0.2) is 0 Å². The van der Waals surface area contributed by atoms with Crippen molar-refractivity contribution in [3.8, 4) is 6.07 Å². The van der Waals surface area contributed by atoms with Gasteiger partial charge in [-0.05, 0) is 17.2 Å². The summed E-state index contributed by atoms with van der Waals surface area (Å²) in [7, 11) is 0. The molecule has 3 nitrogen and oxygen atoms in total. The summed E-state index contributed by atoms with van der Waals surface area (Å²) in [5.41, 5.74) is 8.29. The van der Waals surface area contributed by atoms with Crippen LogP contribution in [0.5, 0.6) is 0 Å². The average molecular weight is 252 g/mol. The Morgan fingerprint density at radius 3 is 2.37 bits per heavy atom. The molecule has 0 saturated heterocycles. The predicted molar refractivity (Wildman–Crippen MR) is 74.2 cm³/mol. The van der Waals surface area contributed by atoms with E-state index >= 15 is 0 Å². The van der Waals surface area contributed by atoms with Crippen LogP contribution < -0.4 is 5.73 Å². The summed E-state index contributed by atoms with van der Waals surface area (Å²) >= 11 is 0. The second kappa shape index (κ2) is 6.14. The van der Waals surface area contributed by atoms with Crippen molar-refractivity contribution in [2.75, 3.05) is 0 Å². The van der Waals surface area contributed by atoms with Crippen molar-refractivity contribution < 1.29 is 5.11 Å². The highest BCUT2D eigenvalue weighted by molar-refractivity contribution is 5.39. The van der Waals surface area contributed by atoms with E-state index in [1.165, 1.54) is 0 Å². The van der Waals surface area contributed by atoms with E-state index in [2.05, 4.69) is 6.07 Å². The van der Waals surface area contributed by atoms with E-state index in [-0.39, 0.29) is 0 Å². The van der Waals surface area contributed by atoms with E-state index in [0.717, 1.165) is 5.56 Å². The van der Waals surface area contributed by atoms with Crippen LogP contribution in [0, 0.1) is 11.3 Å². The summed E-state index contributed by atoms with van der Waals surface area (Å²) < 4.78 is 0. The molecule has 0 saturated carbocycles. The number of benzene rings is 2. The smallest absolute Gasteiger partial charge is 0.0995 e. The van der Waals surface area contributed by atoms with E-state index in [0.29, 0.717) is 17.5 Å². The first-order valence-corrected chi connectivity index (χ1v) is 6.19. The quantitative estimate of drug-likeness (QED) is 0.876. The van der Waals surface area contributed by atoms with Crippen molar-refractivity contribution in [3.05, 3.63) is 71.3 Å². The van der Waals surface area contributed by atoms with Crippen LogP contribution >= 0.6 is 0 Å². The van der Waals surface area contributed by atoms with Crippen molar-refractivity contribution in [1.82, 2.24) is 0 Å². The van der Waals surface area contributed by atoms with E-state index in [9.17, 15) is 5.11 Å². The number of hydrogen-bond acceptors (Lipinski definition) is 3. The molecular weight excluding hydrogens is 236 g/mol. The van der Waals surface area contributed by atoms with Gasteiger partial charge in [-0.25, -0.2) is 0 Å². The summed E-state index contributed by atoms with van der Waals surface area (Å²) in [5.74, 6) is 0. The minimum atomic E-state index is -0.711. The molecule has 0 spiro atoms. The lowest BCUT2D eigenvalue weighted by atomic mass is 9.94. The van der Waals surface area contributed by atoms with Crippen molar-refractivity contribution in [1.29, 1.82) is 5.26 Å². The van der Waals surface area contributed by atoms with Crippen LogP contribution in [0.3, 0.4) is 0 Å². The van der Waals surface area contributed by atoms with Gasteiger partial charge in [-0.1, -0.05) is 48.5 Å². The Kier molecular flexibility index (Phi) is 4.30. The highest BCUT2D eigenvalue weighted by atomic mass is 16.3. The maximum absolute atomic E-state index is 10.2. The van der Waals surface area contributed by atoms with Gasteiger partial charge in [0.1, 0.15) is 0 Å². The molecule has 0 aromatic heterocycles. The third kappa shape index (κ3) is 3.19. The summed E-state index contributed by atoms with van der Waals surface area (Å²) in [5, 5.41) is 19.3. The summed E-state index contributed by atoms with van der Waals surface area (Å²) in [6.07, 6.45) is -0.237. The monoisotopic (exact) mass is 252 g/mol. The topological polar surface area (TPSA) is 70.0 Å². The summed E-state index contributed by atoms with van der Waals surface area (Å²) in [4.78, 5) is 0. The van der Waals surface area contributed by atoms with Crippen molar-refractivity contribution >= 4 is 0 Å². The standard InChI is InChI=1S/C16H16N2O/c17-11-13-8-4-5-9-14(13)16(18)15(19)10-12-6-2-1-3-7-12/h1-9,15-16,19H,10,18H2/t15-,16+/m0/s1. The zero-order chi connectivity index (χ0) is 13.7. The second-order valence-corrected chi connectivity index (χ2v) is 4.48. The molecule has 2 rings (SSSR count). The van der Waals surface area contributed by atoms with Crippen LogP contribution in [0.1, 0.15) is 22.7 Å². The van der Waals surface area contributed by atoms with Gasteiger partial charge in [0.2, 0.25) is 0 Å². The third-order valence-electron chi connectivity index (χ3n) is 3.14. The zero-order valence-corrected chi connectivity index (χ0v) is 10.5. The molecule has 19 heavy (non-hydrogen) atoms. The minimum Gasteiger partial charge on any atom is -0.391 e. The molecule has 3 N–H and O–H groups in total. The number of nitrogens with two attached hydrogens (primary N) is 1. The molecule has 0 aliphatic carbocycles. The van der Waals surface area contributed by atoms with Gasteiger partial charge in [-0.3, -0.25) is 0 Å². The zero-order valence-electron chi connectivity index (χ0n) is 10.5. The molecule has 0 fully saturated rings. The van der Waals surface area contributed by atoms with Crippen molar-refractivity contribution in [2.24, 2.45) is 5.73 Å². The largest absolute Gasteiger partial charge is 0.391 e. The predicted octanol–water partition coefficient (Wildman–Crippen LogP) is 2.16. The molecule has 2 aromatic carbocycles. The molecule has 0 bridgehead atoms. The fraction of sp³-hybridized carbons (Fsp3) is 0.188. The number of nitriles is 1. The van der Waals surface area contributed by atoms with Gasteiger partial charge in [0.25, 0.3) is 0 Å². The van der Waals surface area contributed by atoms with Gasteiger partial charge in [0, 0.05) is 6.42 Å². The fourth-order valence-electron chi connectivity index (χ4n) is 2.08. The summed E-state index contributed by atoms with van der Waals surface area (Å²) in [6.45, 7) is 0. The lowest BCUT2D eigenvalue weighted by Crippen LogP contribution is -2.28. The number of rotatable bonds is 4. The molecule has 0 aliphatic heterocycles. The molecule has 0 amide bonds. The second-order valence-electron chi connectivity index (χ2n) is 4.48. The molecule has 0 heterocycles. The van der Waals surface area contributed by atoms with Crippen LogP contribution in [0.2, 0.25) is 0 Å². The van der Waals surface area contributed by atoms with Crippen LogP contribution in [-0.2, 0) is 6.42 Å². The van der Waals surface area contributed by atoms with Crippen LogP contribution in [0.25, 0.3) is 0 Å². The Labute approximate surface area is 112 Å². The highest BCUT2D eigenvalue weighted by Gasteiger charge is 2.19. The Morgan fingerprint density at radius 1 is 1.05 bits per heavy atom. The number of nitrogens with zero attached hydrogens (tertiary/aromatic N) is 1. The Morgan fingerprint density at radius 2 is 1.68 bits per heavy atom. The van der Waals surface area contributed by atoms with Crippen LogP contribution in [0.15, 0.2) is 54.6 Å². The molecule has 0 aliphatic rings. The third-order valence-corrected chi connectivity index (χ3v) is 3.14. The lowest BCUT2D eigenvalue weighted by Gasteiger charge is -2.20. The van der Waals surface area contributed by atoms with Crippen LogP contribution in [-0.4, -0.2) is 11.2 Å². The molecule has 2 atom stereocenters. The molecule has 96 valence electrons.